The number of hydrogen-bond acceptors (Lipinski definition) is 5. The van der Waals surface area contributed by atoms with Crippen LogP contribution in [0.1, 0.15) is 11.4 Å². The fraction of sp³-hybridized carbons (Fsp3) is 0.211. The highest BCUT2D eigenvalue weighted by molar-refractivity contribution is 5.79. The van der Waals surface area contributed by atoms with Crippen molar-refractivity contribution >= 4 is 16.8 Å². The summed E-state index contributed by atoms with van der Waals surface area (Å²) >= 11 is 0. The first-order chi connectivity index (χ1) is 12.6. The number of H-pyrrole nitrogens is 1. The van der Waals surface area contributed by atoms with Gasteiger partial charge >= 0.3 is 0 Å². The van der Waals surface area contributed by atoms with Crippen LogP contribution in [0, 0.1) is 0 Å². The minimum atomic E-state index is -0.206. The molecule has 1 aromatic heterocycles. The lowest BCUT2D eigenvalue weighted by Gasteiger charge is -2.17. The quantitative estimate of drug-likeness (QED) is 0.775. The van der Waals surface area contributed by atoms with Crippen LogP contribution in [0.25, 0.3) is 10.9 Å². The Morgan fingerprint density at radius 3 is 2.88 bits per heavy atom. The highest BCUT2D eigenvalue weighted by Crippen LogP contribution is 2.32. The Morgan fingerprint density at radius 1 is 1.19 bits per heavy atom. The summed E-state index contributed by atoms with van der Waals surface area (Å²) in [7, 11) is 1.69. The normalized spacial score (nSPS) is 12.3. The minimum absolute atomic E-state index is 0.0836. The van der Waals surface area contributed by atoms with Crippen LogP contribution in [-0.4, -0.2) is 34.6 Å². The Labute approximate surface area is 149 Å². The Bertz CT molecular complexity index is 1040. The van der Waals surface area contributed by atoms with E-state index in [1.807, 2.05) is 18.2 Å². The van der Waals surface area contributed by atoms with Gasteiger partial charge in [0.25, 0.3) is 5.56 Å². The Kier molecular flexibility index (Phi) is 4.04. The van der Waals surface area contributed by atoms with Gasteiger partial charge < -0.3 is 19.4 Å². The molecule has 0 fully saturated rings. The largest absolute Gasteiger partial charge is 0.454 e. The van der Waals surface area contributed by atoms with E-state index in [0.717, 1.165) is 5.56 Å². The molecule has 0 aliphatic carbocycles. The van der Waals surface area contributed by atoms with E-state index in [-0.39, 0.29) is 31.2 Å². The molecule has 0 unspecified atom stereocenters. The van der Waals surface area contributed by atoms with Crippen LogP contribution in [0.2, 0.25) is 0 Å². The van der Waals surface area contributed by atoms with Crippen molar-refractivity contribution in [1.29, 1.82) is 0 Å². The number of nitrogens with zero attached hydrogens (tertiary/aromatic N) is 2. The van der Waals surface area contributed by atoms with E-state index in [1.54, 1.807) is 31.3 Å². The van der Waals surface area contributed by atoms with E-state index in [4.69, 9.17) is 9.47 Å². The van der Waals surface area contributed by atoms with Gasteiger partial charge in [0.15, 0.2) is 11.5 Å². The van der Waals surface area contributed by atoms with E-state index in [9.17, 15) is 9.59 Å². The second-order valence-electron chi connectivity index (χ2n) is 6.14. The summed E-state index contributed by atoms with van der Waals surface area (Å²) in [6.07, 6.45) is 0.227. The third-order valence-corrected chi connectivity index (χ3v) is 4.27. The maximum absolute atomic E-state index is 12.5. The van der Waals surface area contributed by atoms with Crippen molar-refractivity contribution in [2.45, 2.75) is 13.0 Å². The van der Waals surface area contributed by atoms with Gasteiger partial charge in [0.05, 0.1) is 23.9 Å². The lowest BCUT2D eigenvalue weighted by molar-refractivity contribution is -0.129. The van der Waals surface area contributed by atoms with E-state index >= 15 is 0 Å². The fourth-order valence-corrected chi connectivity index (χ4v) is 2.88. The van der Waals surface area contributed by atoms with Crippen LogP contribution in [-0.2, 0) is 17.8 Å². The van der Waals surface area contributed by atoms with Crippen molar-refractivity contribution in [3.05, 3.63) is 64.2 Å². The molecule has 26 heavy (non-hydrogen) atoms. The number of amides is 1. The number of aromatic nitrogens is 2. The number of rotatable bonds is 4. The number of carbonyl (C=O) groups is 1. The molecule has 2 aromatic carbocycles. The molecular weight excluding hydrogens is 334 g/mol. The molecule has 3 aromatic rings. The van der Waals surface area contributed by atoms with Gasteiger partial charge in [0.1, 0.15) is 5.82 Å². The highest BCUT2D eigenvalue weighted by atomic mass is 16.7. The van der Waals surface area contributed by atoms with Crippen molar-refractivity contribution < 1.29 is 14.3 Å². The van der Waals surface area contributed by atoms with Gasteiger partial charge in [0.2, 0.25) is 12.7 Å². The third kappa shape index (κ3) is 3.11. The monoisotopic (exact) mass is 351 g/mol. The summed E-state index contributed by atoms with van der Waals surface area (Å²) in [6.45, 7) is 0.428. The molecule has 0 bridgehead atoms. The van der Waals surface area contributed by atoms with E-state index in [0.29, 0.717) is 28.2 Å². The molecule has 4 rings (SSSR count). The highest BCUT2D eigenvalue weighted by Gasteiger charge is 2.16. The smallest absolute Gasteiger partial charge is 0.258 e. The lowest BCUT2D eigenvalue weighted by Crippen LogP contribution is -2.29. The van der Waals surface area contributed by atoms with Crippen molar-refractivity contribution in [2.24, 2.45) is 0 Å². The molecule has 7 nitrogen and oxygen atoms in total. The maximum atomic E-state index is 12.5. The SMILES string of the molecule is CN(Cc1nc2ccccc2c(=O)[nH]1)C(=O)Cc1ccc2c(c1)OCO2. The Hall–Kier alpha value is -3.35. The van der Waals surface area contributed by atoms with Crippen LogP contribution in [0.15, 0.2) is 47.3 Å². The fourth-order valence-electron chi connectivity index (χ4n) is 2.88. The van der Waals surface area contributed by atoms with Crippen molar-refractivity contribution in [3.63, 3.8) is 0 Å². The standard InChI is InChI=1S/C19H17N3O4/c1-22(10-17-20-14-5-3-2-4-13(14)19(24)21-17)18(23)9-12-6-7-15-16(8-12)26-11-25-15/h2-8H,9-11H2,1H3,(H,20,21,24). The number of fused-ring (bicyclic) bond motifs is 2. The summed E-state index contributed by atoms with van der Waals surface area (Å²) in [5.74, 6) is 1.71. The molecule has 0 saturated carbocycles. The number of ether oxygens (including phenoxy) is 2. The molecule has 0 atom stereocenters. The van der Waals surface area contributed by atoms with Crippen molar-refractivity contribution in [2.75, 3.05) is 13.8 Å². The Balaban J connectivity index is 1.48. The summed E-state index contributed by atoms with van der Waals surface area (Å²) in [5.41, 5.74) is 1.25. The molecule has 0 spiro atoms. The summed E-state index contributed by atoms with van der Waals surface area (Å²) < 4.78 is 10.6. The number of carbonyl (C=O) groups excluding carboxylic acids is 1. The van der Waals surface area contributed by atoms with Gasteiger partial charge in [-0.05, 0) is 29.8 Å². The number of benzene rings is 2. The topological polar surface area (TPSA) is 84.5 Å². The van der Waals surface area contributed by atoms with Crippen LogP contribution in [0.4, 0.5) is 0 Å². The summed E-state index contributed by atoms with van der Waals surface area (Å²) in [6, 6.07) is 12.6. The van der Waals surface area contributed by atoms with Crippen molar-refractivity contribution in [3.8, 4) is 11.5 Å². The lowest BCUT2D eigenvalue weighted by atomic mass is 10.1. The molecule has 1 aliphatic heterocycles. The molecule has 1 amide bonds. The van der Waals surface area contributed by atoms with Crippen molar-refractivity contribution in [1.82, 2.24) is 14.9 Å². The van der Waals surface area contributed by atoms with E-state index < -0.39 is 0 Å². The summed E-state index contributed by atoms with van der Waals surface area (Å²) in [4.78, 5) is 33.3. The second-order valence-corrected chi connectivity index (χ2v) is 6.14. The predicted octanol–water partition coefficient (Wildman–Crippen LogP) is 1.85. The first-order valence-corrected chi connectivity index (χ1v) is 8.20. The van der Waals surface area contributed by atoms with Crippen LogP contribution < -0.4 is 15.0 Å². The predicted molar refractivity (Wildman–Crippen MR) is 95.1 cm³/mol. The van der Waals surface area contributed by atoms with Gasteiger partial charge in [-0.1, -0.05) is 18.2 Å². The number of aromatic amines is 1. The number of hydrogen-bond donors (Lipinski definition) is 1. The third-order valence-electron chi connectivity index (χ3n) is 4.27. The van der Waals surface area contributed by atoms with Gasteiger partial charge in [-0.2, -0.15) is 0 Å². The molecule has 132 valence electrons. The first-order valence-electron chi connectivity index (χ1n) is 8.20. The summed E-state index contributed by atoms with van der Waals surface area (Å²) in [5, 5.41) is 0.533. The van der Waals surface area contributed by atoms with Gasteiger partial charge in [-0.3, -0.25) is 9.59 Å². The number of nitrogens with one attached hydrogen (secondary N) is 1. The van der Waals surface area contributed by atoms with Crippen LogP contribution in [0.3, 0.4) is 0 Å². The molecule has 1 aliphatic rings. The average Bonchev–Trinajstić information content (AvgIpc) is 3.09. The number of para-hydroxylation sites is 1. The molecule has 7 heteroatoms. The zero-order chi connectivity index (χ0) is 18.1. The molecule has 0 saturated heterocycles. The average molecular weight is 351 g/mol. The van der Waals surface area contributed by atoms with E-state index in [2.05, 4.69) is 9.97 Å². The number of likely N-dealkylation sites (N-methyl/N-ethyl adjacent to an activating group) is 1. The van der Waals surface area contributed by atoms with Gasteiger partial charge in [0, 0.05) is 7.05 Å². The van der Waals surface area contributed by atoms with Crippen LogP contribution >= 0.6 is 0 Å². The van der Waals surface area contributed by atoms with Gasteiger partial charge in [-0.25, -0.2) is 4.98 Å². The second kappa shape index (κ2) is 6.51. The van der Waals surface area contributed by atoms with E-state index in [1.165, 1.54) is 4.90 Å². The molecule has 0 radical (unpaired) electrons. The zero-order valence-electron chi connectivity index (χ0n) is 14.2. The maximum Gasteiger partial charge on any atom is 0.258 e. The van der Waals surface area contributed by atoms with Crippen LogP contribution in [0.5, 0.6) is 11.5 Å². The molecular formula is C19H17N3O4. The molecule has 2 heterocycles. The van der Waals surface area contributed by atoms with Gasteiger partial charge in [-0.15, -0.1) is 0 Å². The Morgan fingerprint density at radius 2 is 2.00 bits per heavy atom. The zero-order valence-corrected chi connectivity index (χ0v) is 14.2. The first kappa shape index (κ1) is 16.1. The molecule has 1 N–H and O–H groups in total. The minimum Gasteiger partial charge on any atom is -0.454 e.